The van der Waals surface area contributed by atoms with Crippen molar-refractivity contribution in [3.05, 3.63) is 11.8 Å². The van der Waals surface area contributed by atoms with E-state index in [0.29, 0.717) is 0 Å². The molecule has 76 valence electrons. The number of carbonyl (C=O) groups excluding carboxylic acids is 1. The van der Waals surface area contributed by atoms with Crippen LogP contribution in [0.15, 0.2) is 11.8 Å². The Hall–Kier alpha value is -0.283. The molecule has 13 heavy (non-hydrogen) atoms. The monoisotopic (exact) mass is 220 g/mol. The molecule has 0 saturated carbocycles. The molecule has 4 heteroatoms. The molecule has 2 nitrogen and oxygen atoms in total. The summed E-state index contributed by atoms with van der Waals surface area (Å²) in [5.74, 6) is -0.445. The van der Waals surface area contributed by atoms with E-state index in [1.807, 2.05) is 13.0 Å². The molecule has 0 N–H and O–H groups in total. The van der Waals surface area contributed by atoms with Crippen molar-refractivity contribution in [2.24, 2.45) is 0 Å². The van der Waals surface area contributed by atoms with Crippen LogP contribution < -0.4 is 0 Å². The van der Waals surface area contributed by atoms with Crippen molar-refractivity contribution >= 4 is 25.6 Å². The molecule has 0 aliphatic rings. The molecule has 0 bridgehead atoms. The zero-order valence-corrected chi connectivity index (χ0v) is 10.4. The van der Waals surface area contributed by atoms with Crippen LogP contribution in [0.25, 0.3) is 0 Å². The number of hydrogen-bond donors (Lipinski definition) is 0. The minimum absolute atomic E-state index is 0.0782. The van der Waals surface area contributed by atoms with Gasteiger partial charge in [0.15, 0.2) is 0 Å². The smallest absolute Gasteiger partial charge is 0.321 e. The third kappa shape index (κ3) is 8.06. The highest BCUT2D eigenvalue weighted by Crippen LogP contribution is 2.04. The van der Waals surface area contributed by atoms with E-state index >= 15 is 0 Å². The highest BCUT2D eigenvalue weighted by Gasteiger charge is 2.09. The van der Waals surface area contributed by atoms with E-state index in [-0.39, 0.29) is 18.0 Å². The Morgan fingerprint density at radius 1 is 1.54 bits per heavy atom. The predicted octanol–water partition coefficient (Wildman–Crippen LogP) is 2.59. The maximum absolute atomic E-state index is 10.8. The van der Waals surface area contributed by atoms with E-state index in [1.54, 1.807) is 0 Å². The summed E-state index contributed by atoms with van der Waals surface area (Å²) in [5, 5.41) is 0. The van der Waals surface area contributed by atoms with Gasteiger partial charge in [0.1, 0.15) is 12.0 Å². The van der Waals surface area contributed by atoms with Crippen molar-refractivity contribution in [2.45, 2.75) is 32.7 Å². The lowest BCUT2D eigenvalue weighted by Crippen LogP contribution is -2.19. The van der Waals surface area contributed by atoms with Gasteiger partial charge in [-0.3, -0.25) is 4.79 Å². The van der Waals surface area contributed by atoms with Crippen LogP contribution >= 0.6 is 11.6 Å². The van der Waals surface area contributed by atoms with Crippen molar-refractivity contribution in [3.63, 3.8) is 0 Å². The molecule has 0 rings (SSSR count). The van der Waals surface area contributed by atoms with E-state index in [4.69, 9.17) is 16.3 Å². The van der Waals surface area contributed by atoms with E-state index in [0.717, 1.165) is 0 Å². The fourth-order valence-corrected chi connectivity index (χ4v) is 1.61. The minimum Gasteiger partial charge on any atom is -0.458 e. The number of carbonyl (C=O) groups is 1. The molecule has 0 aliphatic heterocycles. The van der Waals surface area contributed by atoms with Gasteiger partial charge >= 0.3 is 5.97 Å². The summed E-state index contributed by atoms with van der Waals surface area (Å²) in [6.07, 6.45) is 1.76. The summed E-state index contributed by atoms with van der Waals surface area (Å²) in [6.45, 7) is 8.50. The van der Waals surface area contributed by atoms with E-state index in [9.17, 15) is 4.79 Å². The standard InChI is InChI=1S/C9H17ClO2Si/c1-8(12-9(11)7-10)5-6-13(2,3)4/h5-6,8H,7H2,1-4H3/b6-5+/t8-/m1/s1. The van der Waals surface area contributed by atoms with Gasteiger partial charge in [-0.05, 0) is 6.92 Å². The molecule has 0 amide bonds. The minimum atomic E-state index is -1.19. The molecule has 0 fully saturated rings. The summed E-state index contributed by atoms with van der Waals surface area (Å²) >= 11 is 5.30. The largest absolute Gasteiger partial charge is 0.458 e. The molecule has 0 saturated heterocycles. The summed E-state index contributed by atoms with van der Waals surface area (Å²) in [7, 11) is -1.19. The van der Waals surface area contributed by atoms with Crippen LogP contribution in [0.2, 0.25) is 19.6 Å². The summed E-state index contributed by atoms with van der Waals surface area (Å²) in [5.41, 5.74) is 2.15. The highest BCUT2D eigenvalue weighted by atomic mass is 35.5. The van der Waals surface area contributed by atoms with Gasteiger partial charge in [-0.25, -0.2) is 0 Å². The number of halogens is 1. The first-order valence-electron chi connectivity index (χ1n) is 4.30. The van der Waals surface area contributed by atoms with Crippen LogP contribution in [0.1, 0.15) is 6.92 Å². The molecule has 0 unspecified atom stereocenters. The number of hydrogen-bond acceptors (Lipinski definition) is 2. The Morgan fingerprint density at radius 3 is 2.46 bits per heavy atom. The normalized spacial score (nSPS) is 14.5. The first-order chi connectivity index (χ1) is 5.85. The van der Waals surface area contributed by atoms with Crippen LogP contribution in [-0.2, 0) is 9.53 Å². The molecule has 0 radical (unpaired) electrons. The average Bonchev–Trinajstić information content (AvgIpc) is 1.99. The third-order valence-corrected chi connectivity index (χ3v) is 2.70. The van der Waals surface area contributed by atoms with Crippen molar-refractivity contribution in [1.29, 1.82) is 0 Å². The highest BCUT2D eigenvalue weighted by molar-refractivity contribution is 6.80. The van der Waals surface area contributed by atoms with Crippen LogP contribution in [0, 0.1) is 0 Å². The molecular weight excluding hydrogens is 204 g/mol. The summed E-state index contributed by atoms with van der Waals surface area (Å²) in [4.78, 5) is 10.8. The van der Waals surface area contributed by atoms with Gasteiger partial charge < -0.3 is 4.74 Å². The fourth-order valence-electron chi connectivity index (χ4n) is 0.702. The molecular formula is C9H17ClO2Si. The molecule has 0 aromatic carbocycles. The van der Waals surface area contributed by atoms with Crippen LogP contribution in [0.4, 0.5) is 0 Å². The Labute approximate surface area is 85.9 Å². The van der Waals surface area contributed by atoms with Gasteiger partial charge in [0.2, 0.25) is 0 Å². The van der Waals surface area contributed by atoms with E-state index < -0.39 is 8.07 Å². The predicted molar refractivity (Wildman–Crippen MR) is 58.8 cm³/mol. The first kappa shape index (κ1) is 12.7. The van der Waals surface area contributed by atoms with Crippen molar-refractivity contribution < 1.29 is 9.53 Å². The molecule has 0 heterocycles. The second-order valence-electron chi connectivity index (χ2n) is 4.05. The van der Waals surface area contributed by atoms with Gasteiger partial charge in [0.05, 0.1) is 8.07 Å². The Kier molecular flexibility index (Phi) is 5.33. The molecule has 0 spiro atoms. The second-order valence-corrected chi connectivity index (χ2v) is 9.39. The van der Waals surface area contributed by atoms with Gasteiger partial charge in [-0.2, -0.15) is 0 Å². The number of ether oxygens (including phenoxy) is 1. The van der Waals surface area contributed by atoms with Gasteiger partial charge in [-0.15, -0.1) is 11.6 Å². The Balaban J connectivity index is 3.94. The van der Waals surface area contributed by atoms with Crippen molar-refractivity contribution in [2.75, 3.05) is 5.88 Å². The number of alkyl halides is 1. The lowest BCUT2D eigenvalue weighted by atomic mass is 10.4. The van der Waals surface area contributed by atoms with Crippen molar-refractivity contribution in [3.8, 4) is 0 Å². The van der Waals surface area contributed by atoms with Gasteiger partial charge in [0, 0.05) is 0 Å². The third-order valence-electron chi connectivity index (χ3n) is 1.29. The Morgan fingerprint density at radius 2 is 2.08 bits per heavy atom. The van der Waals surface area contributed by atoms with E-state index in [2.05, 4.69) is 25.3 Å². The average molecular weight is 221 g/mol. The zero-order valence-electron chi connectivity index (χ0n) is 8.63. The van der Waals surface area contributed by atoms with Crippen LogP contribution in [0.5, 0.6) is 0 Å². The SMILES string of the molecule is C[C@H](/C=C/[Si](C)(C)C)OC(=O)CCl. The zero-order chi connectivity index (χ0) is 10.5. The molecule has 0 aromatic heterocycles. The van der Waals surface area contributed by atoms with E-state index in [1.165, 1.54) is 0 Å². The Bertz CT molecular complexity index is 196. The first-order valence-corrected chi connectivity index (χ1v) is 8.41. The lowest BCUT2D eigenvalue weighted by Gasteiger charge is -2.11. The number of esters is 1. The second kappa shape index (κ2) is 5.45. The maximum Gasteiger partial charge on any atom is 0.321 e. The lowest BCUT2D eigenvalue weighted by molar-refractivity contribution is -0.143. The quantitative estimate of drug-likeness (QED) is 0.414. The number of rotatable bonds is 4. The fraction of sp³-hybridized carbons (Fsp3) is 0.667. The van der Waals surface area contributed by atoms with Crippen molar-refractivity contribution in [1.82, 2.24) is 0 Å². The van der Waals surface area contributed by atoms with Gasteiger partial charge in [-0.1, -0.05) is 31.4 Å². The van der Waals surface area contributed by atoms with Crippen LogP contribution in [-0.4, -0.2) is 26.0 Å². The molecule has 0 aromatic rings. The topological polar surface area (TPSA) is 26.3 Å². The van der Waals surface area contributed by atoms with Crippen LogP contribution in [0.3, 0.4) is 0 Å². The molecule has 0 aliphatic carbocycles. The van der Waals surface area contributed by atoms with Gasteiger partial charge in [0.25, 0.3) is 0 Å². The summed E-state index contributed by atoms with van der Waals surface area (Å²) < 4.78 is 4.96. The maximum atomic E-state index is 10.8. The molecule has 1 atom stereocenters. The summed E-state index contributed by atoms with van der Waals surface area (Å²) in [6, 6.07) is 0.